The quantitative estimate of drug-likeness (QED) is 0.838. The maximum atomic E-state index is 5.71. The fourth-order valence-corrected chi connectivity index (χ4v) is 2.23. The van der Waals surface area contributed by atoms with Crippen molar-refractivity contribution in [1.82, 2.24) is 15.1 Å². The van der Waals surface area contributed by atoms with Gasteiger partial charge in [-0.2, -0.15) is 5.10 Å². The molecule has 0 spiro atoms. The molecule has 1 aliphatic heterocycles. The number of aromatic nitrogens is 2. The minimum atomic E-state index is 0.0779. The number of rotatable bonds is 5. The molecule has 1 unspecified atom stereocenters. The number of hydrogen-bond donors (Lipinski definition) is 2. The number of hydrogen-bond acceptors (Lipinski definition) is 5. The number of anilines is 1. The number of nitrogens with two attached hydrogens (primary N) is 1. The van der Waals surface area contributed by atoms with Crippen LogP contribution in [0.1, 0.15) is 31.9 Å². The van der Waals surface area contributed by atoms with Crippen molar-refractivity contribution in [2.24, 2.45) is 11.1 Å². The fraction of sp³-hybridized carbons (Fsp3) is 0.714. The molecule has 19 heavy (non-hydrogen) atoms. The van der Waals surface area contributed by atoms with Gasteiger partial charge in [0.2, 0.25) is 0 Å². The Bertz CT molecular complexity index is 401. The van der Waals surface area contributed by atoms with E-state index in [0.29, 0.717) is 12.5 Å². The number of nitrogens with one attached hydrogen (secondary N) is 1. The lowest BCUT2D eigenvalue weighted by atomic mass is 9.94. The second kappa shape index (κ2) is 5.84. The van der Waals surface area contributed by atoms with E-state index < -0.39 is 0 Å². The van der Waals surface area contributed by atoms with Crippen molar-refractivity contribution >= 4 is 5.82 Å². The first-order chi connectivity index (χ1) is 9.00. The molecule has 5 heteroatoms. The molecule has 5 nitrogen and oxygen atoms in total. The predicted octanol–water partition coefficient (Wildman–Crippen LogP) is 1.29. The van der Waals surface area contributed by atoms with E-state index in [4.69, 9.17) is 5.73 Å². The highest BCUT2D eigenvalue weighted by Gasteiger charge is 2.22. The molecule has 1 atom stereocenters. The van der Waals surface area contributed by atoms with E-state index in [-0.39, 0.29) is 5.41 Å². The van der Waals surface area contributed by atoms with Gasteiger partial charge in [0.25, 0.3) is 0 Å². The van der Waals surface area contributed by atoms with Crippen LogP contribution in [0, 0.1) is 5.41 Å². The van der Waals surface area contributed by atoms with Crippen LogP contribution in [0.3, 0.4) is 0 Å². The summed E-state index contributed by atoms with van der Waals surface area (Å²) in [6.45, 7) is 7.97. The van der Waals surface area contributed by atoms with Crippen LogP contribution in [-0.4, -0.2) is 48.3 Å². The van der Waals surface area contributed by atoms with Crippen LogP contribution >= 0.6 is 0 Å². The third-order valence-corrected chi connectivity index (χ3v) is 3.80. The molecule has 1 fully saturated rings. The maximum Gasteiger partial charge on any atom is 0.148 e. The van der Waals surface area contributed by atoms with Gasteiger partial charge >= 0.3 is 0 Å². The summed E-state index contributed by atoms with van der Waals surface area (Å²) in [7, 11) is 2.15. The predicted molar refractivity (Wildman–Crippen MR) is 78.2 cm³/mol. The van der Waals surface area contributed by atoms with E-state index in [1.807, 2.05) is 6.07 Å². The normalized spacial score (nSPS) is 20.7. The van der Waals surface area contributed by atoms with Gasteiger partial charge in [-0.05, 0) is 44.1 Å². The molecule has 0 aromatic carbocycles. The van der Waals surface area contributed by atoms with E-state index in [0.717, 1.165) is 31.1 Å². The Labute approximate surface area is 115 Å². The van der Waals surface area contributed by atoms with Crippen molar-refractivity contribution < 1.29 is 0 Å². The van der Waals surface area contributed by atoms with Crippen molar-refractivity contribution in [2.75, 3.05) is 38.5 Å². The second-order valence-electron chi connectivity index (χ2n) is 6.31. The summed E-state index contributed by atoms with van der Waals surface area (Å²) in [5.74, 6) is 1.36. The van der Waals surface area contributed by atoms with Gasteiger partial charge in [-0.15, -0.1) is 5.10 Å². The van der Waals surface area contributed by atoms with Crippen LogP contribution in [0.15, 0.2) is 12.1 Å². The number of likely N-dealkylation sites (N-methyl/N-ethyl adjacent to an activating group) is 1. The molecular formula is C14H25N5. The minimum absolute atomic E-state index is 0.0779. The molecule has 0 saturated carbocycles. The zero-order valence-corrected chi connectivity index (χ0v) is 12.2. The standard InChI is InChI=1S/C14H25N5/c1-14(2,9-15)10-16-13-5-4-12(17-18-13)11-6-7-19(3)8-11/h4-5,11H,6-10,15H2,1-3H3,(H,16,18). The van der Waals surface area contributed by atoms with E-state index in [2.05, 4.69) is 47.4 Å². The van der Waals surface area contributed by atoms with Crippen LogP contribution in [0.5, 0.6) is 0 Å². The summed E-state index contributed by atoms with van der Waals surface area (Å²) in [6.07, 6.45) is 1.18. The molecule has 1 saturated heterocycles. The van der Waals surface area contributed by atoms with Crippen molar-refractivity contribution in [2.45, 2.75) is 26.2 Å². The van der Waals surface area contributed by atoms with Gasteiger partial charge in [-0.3, -0.25) is 0 Å². The zero-order chi connectivity index (χ0) is 13.9. The summed E-state index contributed by atoms with van der Waals surface area (Å²) in [6, 6.07) is 4.11. The summed E-state index contributed by atoms with van der Waals surface area (Å²) >= 11 is 0. The van der Waals surface area contributed by atoms with E-state index in [9.17, 15) is 0 Å². The van der Waals surface area contributed by atoms with Crippen molar-refractivity contribution in [1.29, 1.82) is 0 Å². The Hall–Kier alpha value is -1.20. The van der Waals surface area contributed by atoms with Gasteiger partial charge in [0.05, 0.1) is 5.69 Å². The minimum Gasteiger partial charge on any atom is -0.368 e. The molecule has 0 radical (unpaired) electrons. The molecule has 1 aromatic rings. The lowest BCUT2D eigenvalue weighted by Crippen LogP contribution is -2.31. The monoisotopic (exact) mass is 263 g/mol. The maximum absolute atomic E-state index is 5.71. The highest BCUT2D eigenvalue weighted by molar-refractivity contribution is 5.34. The topological polar surface area (TPSA) is 67.1 Å². The van der Waals surface area contributed by atoms with Gasteiger partial charge in [0.15, 0.2) is 0 Å². The summed E-state index contributed by atoms with van der Waals surface area (Å²) < 4.78 is 0. The zero-order valence-electron chi connectivity index (χ0n) is 12.2. The fourth-order valence-electron chi connectivity index (χ4n) is 2.23. The Balaban J connectivity index is 1.91. The molecule has 0 aliphatic carbocycles. The Kier molecular flexibility index (Phi) is 4.37. The average Bonchev–Trinajstić information content (AvgIpc) is 2.84. The molecule has 1 aliphatic rings. The summed E-state index contributed by atoms with van der Waals surface area (Å²) in [5.41, 5.74) is 6.89. The third-order valence-electron chi connectivity index (χ3n) is 3.80. The number of nitrogens with zero attached hydrogens (tertiary/aromatic N) is 3. The Morgan fingerprint density at radius 2 is 2.21 bits per heavy atom. The largest absolute Gasteiger partial charge is 0.368 e. The van der Waals surface area contributed by atoms with Gasteiger partial charge in [0.1, 0.15) is 5.82 Å². The molecule has 106 valence electrons. The Morgan fingerprint density at radius 3 is 2.74 bits per heavy atom. The van der Waals surface area contributed by atoms with Crippen molar-refractivity contribution in [3.8, 4) is 0 Å². The molecule has 1 aromatic heterocycles. The first kappa shape index (κ1) is 14.2. The molecule has 2 rings (SSSR count). The summed E-state index contributed by atoms with van der Waals surface area (Å²) in [5, 5.41) is 11.9. The molecule has 0 amide bonds. The van der Waals surface area contributed by atoms with Crippen molar-refractivity contribution in [3.63, 3.8) is 0 Å². The molecule has 2 heterocycles. The van der Waals surface area contributed by atoms with Gasteiger partial charge in [0, 0.05) is 19.0 Å². The van der Waals surface area contributed by atoms with Crippen molar-refractivity contribution in [3.05, 3.63) is 17.8 Å². The molecule has 3 N–H and O–H groups in total. The lowest BCUT2D eigenvalue weighted by molar-refractivity contribution is 0.405. The van der Waals surface area contributed by atoms with E-state index in [1.54, 1.807) is 0 Å². The first-order valence-electron chi connectivity index (χ1n) is 6.96. The highest BCUT2D eigenvalue weighted by atomic mass is 15.2. The SMILES string of the molecule is CN1CCC(c2ccc(NCC(C)(C)CN)nn2)C1. The van der Waals surface area contributed by atoms with Gasteiger partial charge in [-0.25, -0.2) is 0 Å². The lowest BCUT2D eigenvalue weighted by Gasteiger charge is -2.22. The highest BCUT2D eigenvalue weighted by Crippen LogP contribution is 2.24. The number of likely N-dealkylation sites (tertiary alicyclic amines) is 1. The average molecular weight is 263 g/mol. The van der Waals surface area contributed by atoms with E-state index >= 15 is 0 Å². The van der Waals surface area contributed by atoms with Gasteiger partial charge < -0.3 is 16.0 Å². The molecule has 0 bridgehead atoms. The van der Waals surface area contributed by atoms with E-state index in [1.165, 1.54) is 6.42 Å². The summed E-state index contributed by atoms with van der Waals surface area (Å²) in [4.78, 5) is 2.34. The second-order valence-corrected chi connectivity index (χ2v) is 6.31. The van der Waals surface area contributed by atoms with Crippen LogP contribution in [0.2, 0.25) is 0 Å². The smallest absolute Gasteiger partial charge is 0.148 e. The van der Waals surface area contributed by atoms with Crippen LogP contribution in [0.25, 0.3) is 0 Å². The van der Waals surface area contributed by atoms with Crippen LogP contribution < -0.4 is 11.1 Å². The first-order valence-corrected chi connectivity index (χ1v) is 6.96. The van der Waals surface area contributed by atoms with Crippen LogP contribution in [0.4, 0.5) is 5.82 Å². The van der Waals surface area contributed by atoms with Crippen LogP contribution in [-0.2, 0) is 0 Å². The third kappa shape index (κ3) is 3.88. The molecular weight excluding hydrogens is 238 g/mol. The van der Waals surface area contributed by atoms with Gasteiger partial charge in [-0.1, -0.05) is 13.8 Å². The Morgan fingerprint density at radius 1 is 1.42 bits per heavy atom.